The van der Waals surface area contributed by atoms with Gasteiger partial charge in [0.2, 0.25) is 0 Å². The molecule has 0 aliphatic rings. The van der Waals surface area contributed by atoms with E-state index in [0.29, 0.717) is 25.3 Å². The van der Waals surface area contributed by atoms with Gasteiger partial charge in [-0.15, -0.1) is 0 Å². The predicted molar refractivity (Wildman–Crippen MR) is 108 cm³/mol. The van der Waals surface area contributed by atoms with Crippen molar-refractivity contribution in [3.63, 3.8) is 0 Å². The first kappa shape index (κ1) is 19.4. The number of benzene rings is 2. The van der Waals surface area contributed by atoms with Crippen molar-refractivity contribution in [2.24, 2.45) is 0 Å². The fourth-order valence-electron chi connectivity index (χ4n) is 2.81. The molecule has 3 aromatic rings. The van der Waals surface area contributed by atoms with Gasteiger partial charge >= 0.3 is 4.87 Å². The molecule has 0 aliphatic heterocycles. The largest absolute Gasteiger partial charge is 0.494 e. The van der Waals surface area contributed by atoms with Crippen LogP contribution in [0.5, 0.6) is 5.75 Å². The Morgan fingerprint density at radius 3 is 2.44 bits per heavy atom. The molecule has 3 rings (SSSR count). The van der Waals surface area contributed by atoms with Crippen LogP contribution < -0.4 is 9.61 Å². The van der Waals surface area contributed by atoms with Gasteiger partial charge in [0, 0.05) is 23.7 Å². The summed E-state index contributed by atoms with van der Waals surface area (Å²) >= 11 is 1.20. The van der Waals surface area contributed by atoms with Crippen LogP contribution >= 0.6 is 11.3 Å². The van der Waals surface area contributed by atoms with Crippen molar-refractivity contribution < 1.29 is 13.2 Å². The molecule has 7 heteroatoms. The standard InChI is InChI=1S/C20H21NO4S2/c1-15-6-3-4-7-18(15)19-14-26-20(22)21(19)12-5-13-25-16-8-10-17(11-9-16)27(2,23)24/h3-4,6-11,14H,5,12-13H2,1-2H3. The molecule has 1 heterocycles. The van der Waals surface area contributed by atoms with Crippen LogP contribution in [0.3, 0.4) is 0 Å². The Balaban J connectivity index is 1.63. The minimum absolute atomic E-state index is 0.0192. The van der Waals surface area contributed by atoms with Crippen LogP contribution in [-0.2, 0) is 16.4 Å². The second-order valence-electron chi connectivity index (χ2n) is 6.30. The van der Waals surface area contributed by atoms with E-state index >= 15 is 0 Å². The topological polar surface area (TPSA) is 65.4 Å². The average molecular weight is 404 g/mol. The van der Waals surface area contributed by atoms with Gasteiger partial charge in [-0.1, -0.05) is 35.6 Å². The molecule has 27 heavy (non-hydrogen) atoms. The van der Waals surface area contributed by atoms with Gasteiger partial charge in [-0.05, 0) is 43.2 Å². The van der Waals surface area contributed by atoms with E-state index in [1.165, 1.54) is 29.7 Å². The number of ether oxygens (including phenoxy) is 1. The van der Waals surface area contributed by atoms with Crippen molar-refractivity contribution in [3.8, 4) is 17.0 Å². The number of thiazole rings is 1. The van der Waals surface area contributed by atoms with Crippen LogP contribution in [0.25, 0.3) is 11.3 Å². The van der Waals surface area contributed by atoms with E-state index in [4.69, 9.17) is 4.74 Å². The SMILES string of the molecule is Cc1ccccc1-c1csc(=O)n1CCCOc1ccc(S(C)(=O)=O)cc1. The average Bonchev–Trinajstić information content (AvgIpc) is 2.99. The zero-order valence-corrected chi connectivity index (χ0v) is 16.8. The lowest BCUT2D eigenvalue weighted by Gasteiger charge is -2.11. The Morgan fingerprint density at radius 2 is 1.78 bits per heavy atom. The molecular formula is C20H21NO4S2. The number of rotatable bonds is 7. The highest BCUT2D eigenvalue weighted by atomic mass is 32.2. The maximum Gasteiger partial charge on any atom is 0.307 e. The molecule has 0 saturated carbocycles. The highest BCUT2D eigenvalue weighted by Gasteiger charge is 2.11. The number of aromatic nitrogens is 1. The van der Waals surface area contributed by atoms with Gasteiger partial charge in [-0.2, -0.15) is 0 Å². The van der Waals surface area contributed by atoms with E-state index in [-0.39, 0.29) is 9.77 Å². The third kappa shape index (κ3) is 4.67. The summed E-state index contributed by atoms with van der Waals surface area (Å²) in [5.74, 6) is 0.610. The number of hydrogen-bond acceptors (Lipinski definition) is 5. The van der Waals surface area contributed by atoms with E-state index in [0.717, 1.165) is 16.8 Å². The van der Waals surface area contributed by atoms with Gasteiger partial charge in [-0.3, -0.25) is 9.36 Å². The molecule has 0 atom stereocenters. The molecule has 0 amide bonds. The Morgan fingerprint density at radius 1 is 1.07 bits per heavy atom. The van der Waals surface area contributed by atoms with Gasteiger partial charge in [0.15, 0.2) is 9.84 Å². The third-order valence-electron chi connectivity index (χ3n) is 4.25. The van der Waals surface area contributed by atoms with Gasteiger partial charge < -0.3 is 4.74 Å². The van der Waals surface area contributed by atoms with Gasteiger partial charge in [0.1, 0.15) is 5.75 Å². The van der Waals surface area contributed by atoms with E-state index in [1.54, 1.807) is 16.7 Å². The normalized spacial score (nSPS) is 11.5. The molecular weight excluding hydrogens is 382 g/mol. The second kappa shape index (κ2) is 8.10. The lowest BCUT2D eigenvalue weighted by molar-refractivity contribution is 0.301. The molecule has 0 spiro atoms. The van der Waals surface area contributed by atoms with E-state index < -0.39 is 9.84 Å². The number of nitrogens with zero attached hydrogens (tertiary/aromatic N) is 1. The lowest BCUT2D eigenvalue weighted by atomic mass is 10.1. The summed E-state index contributed by atoms with van der Waals surface area (Å²) in [4.78, 5) is 12.5. The van der Waals surface area contributed by atoms with Crippen LogP contribution in [0.2, 0.25) is 0 Å². The zero-order chi connectivity index (χ0) is 19.4. The Bertz CT molecular complexity index is 1080. The smallest absolute Gasteiger partial charge is 0.307 e. The van der Waals surface area contributed by atoms with Crippen molar-refractivity contribution in [2.75, 3.05) is 12.9 Å². The molecule has 0 aliphatic carbocycles. The molecule has 0 unspecified atom stereocenters. The summed E-state index contributed by atoms with van der Waals surface area (Å²) in [6.45, 7) is 3.03. The van der Waals surface area contributed by atoms with Crippen LogP contribution in [0.1, 0.15) is 12.0 Å². The van der Waals surface area contributed by atoms with Crippen LogP contribution in [0.15, 0.2) is 63.6 Å². The summed E-state index contributed by atoms with van der Waals surface area (Å²) in [5.41, 5.74) is 3.13. The van der Waals surface area contributed by atoms with Crippen molar-refractivity contribution in [1.29, 1.82) is 0 Å². The maximum absolute atomic E-state index is 12.2. The van der Waals surface area contributed by atoms with Crippen molar-refractivity contribution >= 4 is 21.2 Å². The van der Waals surface area contributed by atoms with Gasteiger partial charge in [0.05, 0.1) is 17.2 Å². The van der Waals surface area contributed by atoms with Crippen LogP contribution in [0.4, 0.5) is 0 Å². The summed E-state index contributed by atoms with van der Waals surface area (Å²) < 4.78 is 30.4. The highest BCUT2D eigenvalue weighted by Crippen LogP contribution is 2.24. The number of aryl methyl sites for hydroxylation is 1. The first-order valence-corrected chi connectivity index (χ1v) is 11.3. The van der Waals surface area contributed by atoms with Crippen LogP contribution in [0, 0.1) is 6.92 Å². The summed E-state index contributed by atoms with van der Waals surface area (Å²) in [7, 11) is -3.21. The van der Waals surface area contributed by atoms with Crippen LogP contribution in [-0.4, -0.2) is 25.8 Å². The Hall–Kier alpha value is -2.38. The summed E-state index contributed by atoms with van der Waals surface area (Å²) in [6, 6.07) is 14.4. The Kier molecular flexibility index (Phi) is 5.82. The quantitative estimate of drug-likeness (QED) is 0.564. The molecule has 0 N–H and O–H groups in total. The first-order chi connectivity index (χ1) is 12.9. The van der Waals surface area contributed by atoms with E-state index in [1.807, 2.05) is 36.6 Å². The fourth-order valence-corrected chi connectivity index (χ4v) is 4.22. The molecule has 142 valence electrons. The molecule has 0 fully saturated rings. The molecule has 0 bridgehead atoms. The summed E-state index contributed by atoms with van der Waals surface area (Å²) in [5, 5.41) is 1.90. The van der Waals surface area contributed by atoms with Crippen molar-refractivity contribution in [1.82, 2.24) is 4.57 Å². The molecule has 2 aromatic carbocycles. The van der Waals surface area contributed by atoms with Gasteiger partial charge in [0.25, 0.3) is 0 Å². The molecule has 0 radical (unpaired) electrons. The highest BCUT2D eigenvalue weighted by molar-refractivity contribution is 7.90. The first-order valence-electron chi connectivity index (χ1n) is 8.53. The monoisotopic (exact) mass is 403 g/mol. The predicted octanol–water partition coefficient (Wildman–Crippen LogP) is 3.76. The number of hydrogen-bond donors (Lipinski definition) is 0. The third-order valence-corrected chi connectivity index (χ3v) is 6.14. The molecule has 5 nitrogen and oxygen atoms in total. The fraction of sp³-hybridized carbons (Fsp3) is 0.250. The van der Waals surface area contributed by atoms with Crippen molar-refractivity contribution in [2.45, 2.75) is 24.8 Å². The Labute approximate surface area is 162 Å². The van der Waals surface area contributed by atoms with Gasteiger partial charge in [-0.25, -0.2) is 8.42 Å². The molecule has 1 aromatic heterocycles. The minimum Gasteiger partial charge on any atom is -0.494 e. The number of sulfone groups is 1. The second-order valence-corrected chi connectivity index (χ2v) is 9.14. The molecule has 0 saturated heterocycles. The zero-order valence-electron chi connectivity index (χ0n) is 15.2. The lowest BCUT2D eigenvalue weighted by Crippen LogP contribution is -2.16. The maximum atomic E-state index is 12.2. The van der Waals surface area contributed by atoms with E-state index in [2.05, 4.69) is 0 Å². The minimum atomic E-state index is -3.21. The van der Waals surface area contributed by atoms with Crippen molar-refractivity contribution in [3.05, 3.63) is 69.1 Å². The summed E-state index contributed by atoms with van der Waals surface area (Å²) in [6.07, 6.45) is 1.84. The van der Waals surface area contributed by atoms with E-state index in [9.17, 15) is 13.2 Å².